The lowest BCUT2D eigenvalue weighted by atomic mass is 9.94. The fraction of sp³-hybridized carbons (Fsp3) is 0.471. The fourth-order valence-corrected chi connectivity index (χ4v) is 3.20. The Kier molecular flexibility index (Phi) is 2.98. The van der Waals surface area contributed by atoms with Gasteiger partial charge >= 0.3 is 0 Å². The molecule has 1 aromatic carbocycles. The van der Waals surface area contributed by atoms with Crippen molar-refractivity contribution in [1.29, 1.82) is 0 Å². The molecule has 1 atom stereocenters. The summed E-state index contributed by atoms with van der Waals surface area (Å²) in [6.07, 6.45) is 2.83. The van der Waals surface area contributed by atoms with E-state index in [2.05, 4.69) is 62.3 Å². The van der Waals surface area contributed by atoms with Crippen LogP contribution >= 0.6 is 0 Å². The zero-order chi connectivity index (χ0) is 14.4. The third-order valence-corrected chi connectivity index (χ3v) is 4.04. The monoisotopic (exact) mass is 270 g/mol. The number of aromatic nitrogens is 1. The summed E-state index contributed by atoms with van der Waals surface area (Å²) in [5.74, 6) is 0. The molecule has 1 saturated heterocycles. The molecular formula is C17H22N2O. The molecule has 20 heavy (non-hydrogen) atoms. The van der Waals surface area contributed by atoms with E-state index in [1.165, 1.54) is 0 Å². The van der Waals surface area contributed by atoms with E-state index in [0.717, 1.165) is 23.0 Å². The lowest BCUT2D eigenvalue weighted by Gasteiger charge is -2.28. The molecule has 3 nitrogen and oxygen atoms in total. The second-order valence-corrected chi connectivity index (χ2v) is 6.75. The number of para-hydroxylation sites is 1. The van der Waals surface area contributed by atoms with Crippen LogP contribution in [-0.2, 0) is 4.74 Å². The van der Waals surface area contributed by atoms with Crippen LogP contribution in [0.15, 0.2) is 36.5 Å². The van der Waals surface area contributed by atoms with E-state index in [1.807, 2.05) is 12.3 Å². The van der Waals surface area contributed by atoms with E-state index >= 15 is 0 Å². The van der Waals surface area contributed by atoms with Crippen LogP contribution < -0.4 is 5.32 Å². The summed E-state index contributed by atoms with van der Waals surface area (Å²) in [5, 5.41) is 4.80. The standard InChI is InChI=1S/C17H22N2O/c1-16(2)11-14(17(3,4)20-16)19-13-9-5-7-12-8-6-10-18-15(12)13/h5-10,14,19H,11H2,1-4H3. The molecule has 0 spiro atoms. The van der Waals surface area contributed by atoms with Gasteiger partial charge in [0.2, 0.25) is 0 Å². The van der Waals surface area contributed by atoms with E-state index in [0.29, 0.717) is 0 Å². The van der Waals surface area contributed by atoms with Crippen LogP contribution in [0.25, 0.3) is 10.9 Å². The second kappa shape index (κ2) is 4.45. The van der Waals surface area contributed by atoms with E-state index in [4.69, 9.17) is 4.74 Å². The van der Waals surface area contributed by atoms with Crippen molar-refractivity contribution < 1.29 is 4.74 Å². The molecule has 2 aromatic rings. The highest BCUT2D eigenvalue weighted by Crippen LogP contribution is 2.39. The van der Waals surface area contributed by atoms with Crippen molar-refractivity contribution in [2.24, 2.45) is 0 Å². The molecule has 3 heteroatoms. The Hall–Kier alpha value is -1.61. The first-order valence-corrected chi connectivity index (χ1v) is 7.18. The number of hydrogen-bond acceptors (Lipinski definition) is 3. The summed E-state index contributed by atoms with van der Waals surface area (Å²) < 4.78 is 6.15. The zero-order valence-electron chi connectivity index (χ0n) is 12.6. The highest BCUT2D eigenvalue weighted by Gasteiger charge is 2.45. The first-order valence-electron chi connectivity index (χ1n) is 7.18. The summed E-state index contributed by atoms with van der Waals surface area (Å²) in [4.78, 5) is 4.50. The largest absolute Gasteiger partial charge is 0.378 e. The van der Waals surface area contributed by atoms with Gasteiger partial charge in [0.05, 0.1) is 28.4 Å². The molecular weight excluding hydrogens is 248 g/mol. The summed E-state index contributed by atoms with van der Waals surface area (Å²) in [6.45, 7) is 8.60. The summed E-state index contributed by atoms with van der Waals surface area (Å²) in [6, 6.07) is 10.6. The lowest BCUT2D eigenvalue weighted by Crippen LogP contribution is -2.38. The Morgan fingerprint density at radius 1 is 1.15 bits per heavy atom. The Bertz CT molecular complexity index is 628. The maximum Gasteiger partial charge on any atom is 0.0933 e. The molecule has 1 aliphatic rings. The zero-order valence-corrected chi connectivity index (χ0v) is 12.6. The third kappa shape index (κ3) is 2.38. The van der Waals surface area contributed by atoms with Gasteiger partial charge in [-0.3, -0.25) is 4.98 Å². The van der Waals surface area contributed by atoms with Crippen molar-refractivity contribution in [1.82, 2.24) is 4.98 Å². The molecule has 106 valence electrons. The van der Waals surface area contributed by atoms with Crippen LogP contribution in [0.3, 0.4) is 0 Å². The van der Waals surface area contributed by atoms with Crippen LogP contribution in [0.1, 0.15) is 34.1 Å². The summed E-state index contributed by atoms with van der Waals surface area (Å²) in [7, 11) is 0. The predicted molar refractivity (Wildman–Crippen MR) is 83.0 cm³/mol. The van der Waals surface area contributed by atoms with E-state index in [1.54, 1.807) is 0 Å². The number of fused-ring (bicyclic) bond motifs is 1. The van der Waals surface area contributed by atoms with E-state index in [-0.39, 0.29) is 17.2 Å². The van der Waals surface area contributed by atoms with Crippen molar-refractivity contribution in [3.63, 3.8) is 0 Å². The minimum Gasteiger partial charge on any atom is -0.378 e. The number of rotatable bonds is 2. The van der Waals surface area contributed by atoms with Gasteiger partial charge in [-0.1, -0.05) is 18.2 Å². The van der Waals surface area contributed by atoms with Crippen molar-refractivity contribution in [2.45, 2.75) is 51.4 Å². The van der Waals surface area contributed by atoms with Gasteiger partial charge in [0.15, 0.2) is 0 Å². The van der Waals surface area contributed by atoms with Gasteiger partial charge in [0.25, 0.3) is 0 Å². The highest BCUT2D eigenvalue weighted by molar-refractivity contribution is 5.90. The first-order chi connectivity index (χ1) is 9.37. The number of benzene rings is 1. The Morgan fingerprint density at radius 2 is 1.90 bits per heavy atom. The minimum atomic E-state index is -0.180. The molecule has 1 fully saturated rings. The minimum absolute atomic E-state index is 0.0841. The maximum absolute atomic E-state index is 6.15. The van der Waals surface area contributed by atoms with E-state index in [9.17, 15) is 0 Å². The van der Waals surface area contributed by atoms with Gasteiger partial charge in [-0.25, -0.2) is 0 Å². The molecule has 0 amide bonds. The second-order valence-electron chi connectivity index (χ2n) is 6.75. The number of anilines is 1. The number of hydrogen-bond donors (Lipinski definition) is 1. The predicted octanol–water partition coefficient (Wildman–Crippen LogP) is 3.99. The van der Waals surface area contributed by atoms with Crippen molar-refractivity contribution in [3.8, 4) is 0 Å². The van der Waals surface area contributed by atoms with Crippen molar-refractivity contribution in [2.75, 3.05) is 5.32 Å². The fourth-order valence-electron chi connectivity index (χ4n) is 3.20. The van der Waals surface area contributed by atoms with Gasteiger partial charge in [-0.15, -0.1) is 0 Å². The highest BCUT2D eigenvalue weighted by atomic mass is 16.5. The van der Waals surface area contributed by atoms with Crippen LogP contribution in [0.4, 0.5) is 5.69 Å². The van der Waals surface area contributed by atoms with Gasteiger partial charge in [-0.2, -0.15) is 0 Å². The molecule has 2 heterocycles. The molecule has 0 aliphatic carbocycles. The normalized spacial score (nSPS) is 23.9. The first kappa shape index (κ1) is 13.4. The molecule has 3 rings (SSSR count). The molecule has 0 bridgehead atoms. The maximum atomic E-state index is 6.15. The Morgan fingerprint density at radius 3 is 2.60 bits per heavy atom. The number of nitrogens with zero attached hydrogens (tertiary/aromatic N) is 1. The van der Waals surface area contributed by atoms with Gasteiger partial charge in [0.1, 0.15) is 0 Å². The number of ether oxygens (including phenoxy) is 1. The van der Waals surface area contributed by atoms with Gasteiger partial charge in [-0.05, 0) is 46.2 Å². The van der Waals surface area contributed by atoms with Gasteiger partial charge in [0, 0.05) is 11.6 Å². The number of nitrogens with one attached hydrogen (secondary N) is 1. The summed E-state index contributed by atoms with van der Waals surface area (Å²) in [5.41, 5.74) is 1.84. The smallest absolute Gasteiger partial charge is 0.0933 e. The number of pyridine rings is 1. The lowest BCUT2D eigenvalue weighted by molar-refractivity contribution is -0.0662. The molecule has 1 N–H and O–H groups in total. The average Bonchev–Trinajstić information content (AvgIpc) is 2.57. The van der Waals surface area contributed by atoms with Crippen LogP contribution in [0.2, 0.25) is 0 Å². The Balaban J connectivity index is 1.94. The van der Waals surface area contributed by atoms with Crippen LogP contribution in [0, 0.1) is 0 Å². The quantitative estimate of drug-likeness (QED) is 0.896. The van der Waals surface area contributed by atoms with Crippen LogP contribution in [0.5, 0.6) is 0 Å². The molecule has 0 saturated carbocycles. The molecule has 1 aliphatic heterocycles. The third-order valence-electron chi connectivity index (χ3n) is 4.04. The SMILES string of the molecule is CC1(C)CC(Nc2cccc3cccnc23)C(C)(C)O1. The van der Waals surface area contributed by atoms with E-state index < -0.39 is 0 Å². The average molecular weight is 270 g/mol. The topological polar surface area (TPSA) is 34.2 Å². The summed E-state index contributed by atoms with van der Waals surface area (Å²) >= 11 is 0. The molecule has 1 aromatic heterocycles. The van der Waals surface area contributed by atoms with Crippen LogP contribution in [-0.4, -0.2) is 22.2 Å². The molecule has 1 unspecified atom stereocenters. The Labute approximate surface area is 120 Å². The van der Waals surface area contributed by atoms with Crippen molar-refractivity contribution >= 4 is 16.6 Å². The molecule has 0 radical (unpaired) electrons. The van der Waals surface area contributed by atoms with Gasteiger partial charge < -0.3 is 10.1 Å². The van der Waals surface area contributed by atoms with Crippen molar-refractivity contribution in [3.05, 3.63) is 36.5 Å².